The SMILES string of the molecule is COc1ccc(C[C@H](NC(=O)c2cccc(O)c2C)[C@H](O)C(=O)N2C[C@@H](Cl)C[C@H]2C(=O)O)cc1. The number of phenols is 1. The number of likely N-dealkylation sites (tertiary alicyclic amines) is 1. The van der Waals surface area contributed by atoms with Crippen LogP contribution in [0.2, 0.25) is 0 Å². The summed E-state index contributed by atoms with van der Waals surface area (Å²) in [5.41, 5.74) is 1.24. The maximum absolute atomic E-state index is 13.1. The highest BCUT2D eigenvalue weighted by Gasteiger charge is 2.42. The Morgan fingerprint density at radius 1 is 1.21 bits per heavy atom. The van der Waals surface area contributed by atoms with Gasteiger partial charge in [-0.1, -0.05) is 18.2 Å². The van der Waals surface area contributed by atoms with E-state index in [-0.39, 0.29) is 30.7 Å². The first-order valence-corrected chi connectivity index (χ1v) is 11.1. The summed E-state index contributed by atoms with van der Waals surface area (Å²) >= 11 is 6.08. The topological polar surface area (TPSA) is 136 Å². The average Bonchev–Trinajstić information content (AvgIpc) is 3.21. The highest BCUT2D eigenvalue weighted by Crippen LogP contribution is 2.25. The summed E-state index contributed by atoms with van der Waals surface area (Å²) in [7, 11) is 1.52. The minimum atomic E-state index is -1.73. The summed E-state index contributed by atoms with van der Waals surface area (Å²) in [5, 5.41) is 32.5. The lowest BCUT2D eigenvalue weighted by molar-refractivity contribution is -0.152. The highest BCUT2D eigenvalue weighted by molar-refractivity contribution is 6.21. The van der Waals surface area contributed by atoms with E-state index in [1.807, 2.05) is 0 Å². The second-order valence-corrected chi connectivity index (χ2v) is 8.82. The van der Waals surface area contributed by atoms with Crippen molar-refractivity contribution < 1.29 is 34.4 Å². The molecule has 0 spiro atoms. The molecule has 0 radical (unpaired) electrons. The zero-order valence-electron chi connectivity index (χ0n) is 18.8. The number of nitrogens with one attached hydrogen (secondary N) is 1. The molecule has 2 aromatic carbocycles. The molecule has 34 heavy (non-hydrogen) atoms. The molecule has 4 atom stereocenters. The van der Waals surface area contributed by atoms with Crippen LogP contribution in [0.15, 0.2) is 42.5 Å². The van der Waals surface area contributed by atoms with Crippen molar-refractivity contribution >= 4 is 29.4 Å². The molecule has 9 nitrogen and oxygen atoms in total. The smallest absolute Gasteiger partial charge is 0.326 e. The predicted molar refractivity (Wildman–Crippen MR) is 124 cm³/mol. The van der Waals surface area contributed by atoms with Crippen molar-refractivity contribution in [1.29, 1.82) is 0 Å². The molecule has 0 unspecified atom stereocenters. The molecule has 4 N–H and O–H groups in total. The molecule has 0 bridgehead atoms. The Hall–Kier alpha value is -3.30. The van der Waals surface area contributed by atoms with Crippen molar-refractivity contribution in [3.63, 3.8) is 0 Å². The van der Waals surface area contributed by atoms with Gasteiger partial charge in [-0.2, -0.15) is 0 Å². The fraction of sp³-hybridized carbons (Fsp3) is 0.375. The van der Waals surface area contributed by atoms with E-state index >= 15 is 0 Å². The monoisotopic (exact) mass is 490 g/mol. The van der Waals surface area contributed by atoms with E-state index in [9.17, 15) is 29.7 Å². The molecule has 0 saturated carbocycles. The molecule has 1 aliphatic heterocycles. The van der Waals surface area contributed by atoms with E-state index in [4.69, 9.17) is 16.3 Å². The van der Waals surface area contributed by atoms with Gasteiger partial charge < -0.3 is 30.3 Å². The number of rotatable bonds is 8. The standard InChI is InChI=1S/C24H27ClN2O7/c1-13-17(4-3-5-20(13)28)22(30)26-18(10-14-6-8-16(34-2)9-7-14)21(29)23(31)27-12-15(25)11-19(27)24(32)33/h3-9,15,18-19,21,28-29H,10-12H2,1-2H3,(H,26,30)(H,32,33)/t15-,18-,19-,21-/m0/s1. The van der Waals surface area contributed by atoms with E-state index in [1.54, 1.807) is 31.2 Å². The number of nitrogens with zero attached hydrogens (tertiary/aromatic N) is 1. The molecule has 1 saturated heterocycles. The van der Waals surface area contributed by atoms with Crippen LogP contribution in [-0.4, -0.2) is 75.2 Å². The molecular weight excluding hydrogens is 464 g/mol. The number of alkyl halides is 1. The van der Waals surface area contributed by atoms with Crippen LogP contribution in [0.4, 0.5) is 0 Å². The van der Waals surface area contributed by atoms with Crippen molar-refractivity contribution in [1.82, 2.24) is 10.2 Å². The number of carbonyl (C=O) groups excluding carboxylic acids is 2. The number of carboxylic acid groups (broad SMARTS) is 1. The van der Waals surface area contributed by atoms with Crippen LogP contribution in [0, 0.1) is 6.92 Å². The number of benzene rings is 2. The number of halogens is 1. The lowest BCUT2D eigenvalue weighted by atomic mass is 9.98. The number of carboxylic acids is 1. The third kappa shape index (κ3) is 5.60. The van der Waals surface area contributed by atoms with E-state index in [0.29, 0.717) is 16.9 Å². The minimum Gasteiger partial charge on any atom is -0.508 e. The lowest BCUT2D eigenvalue weighted by Crippen LogP contribution is -2.54. The Morgan fingerprint density at radius 2 is 1.88 bits per heavy atom. The third-order valence-corrected chi connectivity index (χ3v) is 6.25. The average molecular weight is 491 g/mol. The summed E-state index contributed by atoms with van der Waals surface area (Å²) in [6.45, 7) is 1.55. The van der Waals surface area contributed by atoms with Crippen molar-refractivity contribution in [2.45, 2.75) is 43.3 Å². The molecule has 1 aliphatic rings. The number of aromatic hydroxyl groups is 1. The number of aliphatic hydroxyl groups is 1. The number of methoxy groups -OCH3 is 1. The number of hydrogen-bond donors (Lipinski definition) is 4. The fourth-order valence-electron chi connectivity index (χ4n) is 3.98. The first-order chi connectivity index (χ1) is 16.1. The molecule has 2 amide bonds. The second kappa shape index (κ2) is 10.8. The van der Waals surface area contributed by atoms with Gasteiger partial charge >= 0.3 is 5.97 Å². The normalized spacial score (nSPS) is 19.4. The van der Waals surface area contributed by atoms with Gasteiger partial charge in [0.25, 0.3) is 11.8 Å². The van der Waals surface area contributed by atoms with E-state index in [0.717, 1.165) is 4.90 Å². The van der Waals surface area contributed by atoms with Gasteiger partial charge in [-0.15, -0.1) is 11.6 Å². The number of hydrogen-bond acceptors (Lipinski definition) is 6. The van der Waals surface area contributed by atoms with Crippen molar-refractivity contribution in [2.75, 3.05) is 13.7 Å². The molecule has 1 heterocycles. The molecular formula is C24H27ClN2O7. The Bertz CT molecular complexity index is 1060. The van der Waals surface area contributed by atoms with Gasteiger partial charge in [0.2, 0.25) is 0 Å². The largest absolute Gasteiger partial charge is 0.508 e. The maximum atomic E-state index is 13.1. The zero-order chi connectivity index (χ0) is 25.0. The molecule has 0 aromatic heterocycles. The molecule has 2 aromatic rings. The summed E-state index contributed by atoms with van der Waals surface area (Å²) in [6.07, 6.45) is -1.59. The Balaban J connectivity index is 1.88. The lowest BCUT2D eigenvalue weighted by Gasteiger charge is -2.29. The van der Waals surface area contributed by atoms with Crippen LogP contribution < -0.4 is 10.1 Å². The predicted octanol–water partition coefficient (Wildman–Crippen LogP) is 1.70. The number of aliphatic carboxylic acids is 1. The fourth-order valence-corrected chi connectivity index (χ4v) is 4.29. The van der Waals surface area contributed by atoms with Gasteiger partial charge in [0.15, 0.2) is 6.10 Å². The van der Waals surface area contributed by atoms with Crippen LogP contribution >= 0.6 is 11.6 Å². The number of carbonyl (C=O) groups is 3. The van der Waals surface area contributed by atoms with Crippen LogP contribution in [0.25, 0.3) is 0 Å². The van der Waals surface area contributed by atoms with Gasteiger partial charge in [-0.05, 0) is 49.6 Å². The van der Waals surface area contributed by atoms with E-state index < -0.39 is 41.3 Å². The highest BCUT2D eigenvalue weighted by atomic mass is 35.5. The van der Waals surface area contributed by atoms with Crippen molar-refractivity contribution in [3.8, 4) is 11.5 Å². The molecule has 10 heteroatoms. The minimum absolute atomic E-state index is 0.0245. The van der Waals surface area contributed by atoms with Gasteiger partial charge in [0, 0.05) is 17.7 Å². The Kier molecular flexibility index (Phi) is 8.01. The van der Waals surface area contributed by atoms with Crippen LogP contribution in [0.5, 0.6) is 11.5 Å². The van der Waals surface area contributed by atoms with Crippen molar-refractivity contribution in [3.05, 3.63) is 59.2 Å². The number of aliphatic hydroxyl groups excluding tert-OH is 1. The number of amides is 2. The second-order valence-electron chi connectivity index (χ2n) is 8.20. The summed E-state index contributed by atoms with van der Waals surface area (Å²) in [6, 6.07) is 9.12. The van der Waals surface area contributed by atoms with E-state index in [1.165, 1.54) is 25.3 Å². The summed E-state index contributed by atoms with van der Waals surface area (Å²) < 4.78 is 5.15. The van der Waals surface area contributed by atoms with Crippen LogP contribution in [0.3, 0.4) is 0 Å². The quantitative estimate of drug-likeness (QED) is 0.413. The zero-order valence-corrected chi connectivity index (χ0v) is 19.5. The molecule has 3 rings (SSSR count). The number of phenolic OH excluding ortho intramolecular Hbond substituents is 1. The van der Waals surface area contributed by atoms with Gasteiger partial charge in [0.1, 0.15) is 17.5 Å². The van der Waals surface area contributed by atoms with Crippen LogP contribution in [0.1, 0.15) is 27.9 Å². The Labute approximate surface area is 201 Å². The third-order valence-electron chi connectivity index (χ3n) is 5.93. The van der Waals surface area contributed by atoms with Gasteiger partial charge in [-0.3, -0.25) is 9.59 Å². The van der Waals surface area contributed by atoms with Crippen LogP contribution in [-0.2, 0) is 16.0 Å². The summed E-state index contributed by atoms with van der Waals surface area (Å²) in [4.78, 5) is 38.8. The number of ether oxygens (including phenoxy) is 1. The van der Waals surface area contributed by atoms with Crippen molar-refractivity contribution in [2.24, 2.45) is 0 Å². The Morgan fingerprint density at radius 3 is 2.50 bits per heavy atom. The van der Waals surface area contributed by atoms with Gasteiger partial charge in [-0.25, -0.2) is 4.79 Å². The van der Waals surface area contributed by atoms with E-state index in [2.05, 4.69) is 5.32 Å². The first kappa shape index (κ1) is 25.3. The first-order valence-electron chi connectivity index (χ1n) is 10.7. The molecule has 0 aliphatic carbocycles. The maximum Gasteiger partial charge on any atom is 0.326 e. The van der Waals surface area contributed by atoms with Gasteiger partial charge in [0.05, 0.1) is 18.5 Å². The molecule has 182 valence electrons. The summed E-state index contributed by atoms with van der Waals surface area (Å²) in [5.74, 6) is -2.08. The molecule has 1 fully saturated rings.